The van der Waals surface area contributed by atoms with Crippen LogP contribution in [0.5, 0.6) is 5.75 Å². The molecule has 0 saturated carbocycles. The van der Waals surface area contributed by atoms with Crippen LogP contribution in [0, 0.1) is 0 Å². The van der Waals surface area contributed by atoms with E-state index in [0.717, 1.165) is 43.6 Å². The lowest BCUT2D eigenvalue weighted by Gasteiger charge is -2.19. The molecule has 0 spiro atoms. The Morgan fingerprint density at radius 3 is 0.917 bits per heavy atom. The average Bonchev–Trinajstić information content (AvgIpc) is 2.93. The van der Waals surface area contributed by atoms with Gasteiger partial charge in [0.2, 0.25) is 5.75 Å². The van der Waals surface area contributed by atoms with Crippen LogP contribution < -0.4 is 0 Å². The summed E-state index contributed by atoms with van der Waals surface area (Å²) >= 11 is 10.3. The van der Waals surface area contributed by atoms with E-state index in [2.05, 4.69) is 40.2 Å². The summed E-state index contributed by atoms with van der Waals surface area (Å²) in [4.78, 5) is 7.60. The van der Waals surface area contributed by atoms with Gasteiger partial charge in [0.1, 0.15) is 0 Å². The first-order valence-corrected chi connectivity index (χ1v) is 15.2. The second kappa shape index (κ2) is 12.3. The number of benzene rings is 5. The summed E-state index contributed by atoms with van der Waals surface area (Å²) in [6.07, 6.45) is 0. The molecule has 0 aliphatic carbocycles. The zero-order valence-electron chi connectivity index (χ0n) is 19.0. The monoisotopic (exact) mass is 603 g/mol. The molecule has 0 amide bonds. The molecule has 1 nitrogen and oxygen atoms in total. The van der Waals surface area contributed by atoms with Gasteiger partial charge in [-0.1, -0.05) is 120 Å². The molecule has 0 N–H and O–H groups in total. The van der Waals surface area contributed by atoms with E-state index in [-0.39, 0.29) is 5.75 Å². The highest BCUT2D eigenvalue weighted by molar-refractivity contribution is 9.10. The van der Waals surface area contributed by atoms with Crippen LogP contribution in [0.3, 0.4) is 0 Å². The topological polar surface area (TPSA) is 19.9 Å². The Labute approximate surface area is 237 Å². The van der Waals surface area contributed by atoms with E-state index >= 15 is 0 Å². The number of hydrogen-bond acceptors (Lipinski definition) is 4. The molecule has 5 rings (SSSR count). The third-order valence-electron chi connectivity index (χ3n) is 5.08. The summed E-state index contributed by atoms with van der Waals surface area (Å²) in [5.74, 6) is 0.0535. The van der Waals surface area contributed by atoms with Gasteiger partial charge in [-0.2, -0.15) is 0 Å². The lowest BCUT2D eigenvalue weighted by Crippen LogP contribution is -1.92. The van der Waals surface area contributed by atoms with Gasteiger partial charge in [-0.3, -0.25) is 5.11 Å². The fraction of sp³-hybridized carbons (Fsp3) is 0. The van der Waals surface area contributed by atoms with Crippen molar-refractivity contribution in [2.24, 2.45) is 0 Å². The van der Waals surface area contributed by atoms with Crippen LogP contribution in [0.4, 0.5) is 0 Å². The fourth-order valence-corrected chi connectivity index (χ4v) is 8.83. The van der Waals surface area contributed by atoms with Gasteiger partial charge in [0.05, 0.1) is 9.79 Å². The summed E-state index contributed by atoms with van der Waals surface area (Å²) in [6.45, 7) is 0. The first-order chi connectivity index (χ1) is 17.7. The molecule has 177 valence electrons. The van der Waals surface area contributed by atoms with Crippen LogP contribution in [0.2, 0.25) is 0 Å². The number of hydrogen-bond donors (Lipinski definition) is 0. The minimum absolute atomic E-state index is 0.0535. The molecule has 36 heavy (non-hydrogen) atoms. The van der Waals surface area contributed by atoms with E-state index in [4.69, 9.17) is 0 Å². The van der Waals surface area contributed by atoms with Gasteiger partial charge in [-0.15, -0.1) is 0 Å². The Bertz CT molecular complexity index is 1210. The average molecular weight is 605 g/mol. The molecule has 0 aliphatic rings. The quantitative estimate of drug-likeness (QED) is 0.175. The largest absolute Gasteiger partial charge is 0.287 e. The zero-order valence-corrected chi connectivity index (χ0v) is 23.8. The van der Waals surface area contributed by atoms with E-state index in [1.54, 1.807) is 23.5 Å². The minimum Gasteiger partial charge on any atom is -0.287 e. The third kappa shape index (κ3) is 6.18. The van der Waals surface area contributed by atoms with Gasteiger partial charge in [0.25, 0.3) is 0 Å². The lowest BCUT2D eigenvalue weighted by atomic mass is 10.3. The Morgan fingerprint density at radius 1 is 0.389 bits per heavy atom. The van der Waals surface area contributed by atoms with Crippen molar-refractivity contribution in [2.45, 2.75) is 39.2 Å². The molecule has 0 fully saturated rings. The third-order valence-corrected chi connectivity index (χ3v) is 11.1. The smallest absolute Gasteiger partial charge is 0.208 e. The molecular weight excluding hydrogens is 585 g/mol. The minimum atomic E-state index is 0.0535. The van der Waals surface area contributed by atoms with Crippen LogP contribution >= 0.6 is 63.0 Å². The van der Waals surface area contributed by atoms with Crippen LogP contribution in [-0.2, 0) is 5.11 Å². The van der Waals surface area contributed by atoms with Gasteiger partial charge < -0.3 is 0 Å². The van der Waals surface area contributed by atoms with E-state index in [9.17, 15) is 5.11 Å². The second-order valence-electron chi connectivity index (χ2n) is 7.62. The maximum Gasteiger partial charge on any atom is 0.208 e. The predicted octanol–water partition coefficient (Wildman–Crippen LogP) is 11.2. The summed E-state index contributed by atoms with van der Waals surface area (Å²) in [7, 11) is 0. The molecule has 0 saturated heterocycles. The van der Waals surface area contributed by atoms with Crippen molar-refractivity contribution < 1.29 is 5.11 Å². The van der Waals surface area contributed by atoms with Crippen molar-refractivity contribution in [2.75, 3.05) is 0 Å². The van der Waals surface area contributed by atoms with Gasteiger partial charge in [0, 0.05) is 33.8 Å². The maximum absolute atomic E-state index is 14.3. The van der Waals surface area contributed by atoms with Gasteiger partial charge in [0.15, 0.2) is 0 Å². The molecule has 5 aromatic rings. The highest BCUT2D eigenvalue weighted by atomic mass is 79.9. The summed E-state index contributed by atoms with van der Waals surface area (Å²) in [6, 6.07) is 40.6. The molecule has 0 aliphatic heterocycles. The van der Waals surface area contributed by atoms with Crippen molar-refractivity contribution in [3.8, 4) is 5.75 Å². The number of halogens is 1. The van der Waals surface area contributed by atoms with Gasteiger partial charge >= 0.3 is 0 Å². The first-order valence-electron chi connectivity index (χ1n) is 11.2. The summed E-state index contributed by atoms with van der Waals surface area (Å²) in [5.41, 5.74) is 0. The van der Waals surface area contributed by atoms with E-state index in [1.807, 2.05) is 97.1 Å². The predicted molar refractivity (Wildman–Crippen MR) is 157 cm³/mol. The van der Waals surface area contributed by atoms with E-state index in [0.29, 0.717) is 0 Å². The maximum atomic E-state index is 14.3. The Kier molecular flexibility index (Phi) is 8.72. The Hall–Kier alpha value is -2.22. The molecule has 0 bridgehead atoms. The van der Waals surface area contributed by atoms with Crippen LogP contribution in [0.1, 0.15) is 0 Å². The van der Waals surface area contributed by atoms with Gasteiger partial charge in [-0.05, 0) is 64.5 Å². The van der Waals surface area contributed by atoms with Crippen LogP contribution in [-0.4, -0.2) is 0 Å². The SMILES string of the molecule is [O]c1c(Sc2ccccc2)c(Sc2ccccc2)c(Br)c(Sc2ccccc2)c1Sc1ccccc1. The van der Waals surface area contributed by atoms with Crippen molar-refractivity contribution in [1.82, 2.24) is 0 Å². The van der Waals surface area contributed by atoms with Crippen molar-refractivity contribution in [3.63, 3.8) is 0 Å². The molecule has 5 aromatic carbocycles. The van der Waals surface area contributed by atoms with E-state index in [1.165, 1.54) is 23.5 Å². The summed E-state index contributed by atoms with van der Waals surface area (Å²) < 4.78 is 0.946. The highest BCUT2D eigenvalue weighted by Gasteiger charge is 2.27. The molecule has 1 radical (unpaired) electrons. The Balaban J connectivity index is 1.70. The second-order valence-corrected chi connectivity index (χ2v) is 12.7. The molecule has 6 heteroatoms. The molecule has 0 heterocycles. The zero-order chi connectivity index (χ0) is 24.7. The highest BCUT2D eigenvalue weighted by Crippen LogP contribution is 2.57. The molecule has 0 aromatic heterocycles. The van der Waals surface area contributed by atoms with Gasteiger partial charge in [-0.25, -0.2) is 0 Å². The molecular formula is C30H20BrOS4. The first kappa shape index (κ1) is 25.4. The molecule has 0 unspecified atom stereocenters. The standard InChI is InChI=1S/C30H20BrOS4/c31-25-27(33-21-13-5-1-6-14-21)29(35-23-17-9-3-10-18-23)26(32)30(36-24-19-11-4-12-20-24)28(25)34-22-15-7-2-8-16-22/h1-20H. The van der Waals surface area contributed by atoms with Crippen LogP contribution in [0.15, 0.2) is 165 Å². The normalized spacial score (nSPS) is 10.9. The Morgan fingerprint density at radius 2 is 0.639 bits per heavy atom. The van der Waals surface area contributed by atoms with Crippen molar-refractivity contribution in [3.05, 3.63) is 126 Å². The number of rotatable bonds is 8. The van der Waals surface area contributed by atoms with E-state index < -0.39 is 0 Å². The van der Waals surface area contributed by atoms with Crippen LogP contribution in [0.25, 0.3) is 0 Å². The lowest BCUT2D eigenvalue weighted by molar-refractivity contribution is 0.328. The van der Waals surface area contributed by atoms with Crippen molar-refractivity contribution >= 4 is 63.0 Å². The summed E-state index contributed by atoms with van der Waals surface area (Å²) in [5, 5.41) is 14.3. The molecule has 0 atom stereocenters. The fourth-order valence-electron chi connectivity index (χ4n) is 3.41. The van der Waals surface area contributed by atoms with Crippen molar-refractivity contribution in [1.29, 1.82) is 0 Å².